The van der Waals surface area contributed by atoms with Gasteiger partial charge in [0.2, 0.25) is 0 Å². The number of aliphatic hydroxyl groups excluding tert-OH is 1. The number of esters is 1. The molecule has 2 N–H and O–H groups in total. The van der Waals surface area contributed by atoms with Gasteiger partial charge in [-0.25, -0.2) is 4.79 Å². The molecule has 1 fully saturated rings. The van der Waals surface area contributed by atoms with Crippen LogP contribution in [-0.2, 0) is 38.1 Å². The normalized spacial score (nSPS) is 14.9. The van der Waals surface area contributed by atoms with Gasteiger partial charge in [-0.05, 0) is 119 Å². The fraction of sp³-hybridized carbons (Fsp3) is 0.860. The zero-order chi connectivity index (χ0) is 48.8. The van der Waals surface area contributed by atoms with Crippen molar-refractivity contribution in [2.24, 2.45) is 11.3 Å². The first-order valence-corrected chi connectivity index (χ1v) is 23.3. The van der Waals surface area contributed by atoms with E-state index in [1.54, 1.807) is 19.9 Å². The first-order chi connectivity index (χ1) is 28.3. The van der Waals surface area contributed by atoms with E-state index in [0.29, 0.717) is 51.3 Å². The maximum Gasteiger partial charge on any atom is 0.330 e. The van der Waals surface area contributed by atoms with Gasteiger partial charge in [-0.1, -0.05) is 81.4 Å². The molecule has 0 saturated carbocycles. The number of carbonyl (C=O) groups excluding carboxylic acids is 3. The molecule has 0 aromatic heterocycles. The Balaban J connectivity index is -0.000000311. The van der Waals surface area contributed by atoms with Gasteiger partial charge in [0.1, 0.15) is 16.8 Å². The van der Waals surface area contributed by atoms with E-state index in [2.05, 4.69) is 78.8 Å². The van der Waals surface area contributed by atoms with Crippen molar-refractivity contribution in [3.63, 3.8) is 0 Å². The van der Waals surface area contributed by atoms with Gasteiger partial charge in [-0.15, -0.1) is 6.58 Å². The molecule has 1 aliphatic rings. The molecule has 366 valence electrons. The second-order valence-electron chi connectivity index (χ2n) is 18.4. The van der Waals surface area contributed by atoms with Gasteiger partial charge < -0.3 is 39.0 Å². The number of hydrogen-bond acceptors (Lipinski definition) is 11. The van der Waals surface area contributed by atoms with Gasteiger partial charge in [-0.3, -0.25) is 9.59 Å². The monoisotopic (exact) mass is 875 g/mol. The third kappa shape index (κ3) is 40.2. The number of nitrogens with one attached hydrogen (secondary N) is 1. The Kier molecular flexibility index (Phi) is 42.4. The maximum atomic E-state index is 10.8. The number of piperazine rings is 1. The molecule has 0 amide bonds. The summed E-state index contributed by atoms with van der Waals surface area (Å²) in [7, 11) is 0. The van der Waals surface area contributed by atoms with Crippen molar-refractivity contribution in [1.29, 1.82) is 0 Å². The minimum absolute atomic E-state index is 0.0113. The number of rotatable bonds is 26. The SMILES string of the molecule is C=CC.C=CC(=O)OC(C)(C)CCO.CC.CC.CCC(CC(C)C)(CC(C)(C)OCCC(C)(C)OC=O)CC(C)(CC)OCCC(C)(C)OC=O.CCCN1CCNCC1. The summed E-state index contributed by atoms with van der Waals surface area (Å²) in [5.74, 6) is 0.0974. The van der Waals surface area contributed by atoms with E-state index in [4.69, 9.17) is 28.8 Å². The molecule has 0 aromatic carbocycles. The Morgan fingerprint density at radius 2 is 1.20 bits per heavy atom. The molecule has 0 aromatic rings. The fourth-order valence-electron chi connectivity index (χ4n) is 6.87. The molecule has 61 heavy (non-hydrogen) atoms. The zero-order valence-electron chi connectivity index (χ0n) is 43.5. The maximum absolute atomic E-state index is 10.8. The van der Waals surface area contributed by atoms with Crippen molar-refractivity contribution in [3.05, 3.63) is 25.3 Å². The second kappa shape index (κ2) is 38.2. The highest BCUT2D eigenvalue weighted by Gasteiger charge is 2.42. The van der Waals surface area contributed by atoms with Crippen LogP contribution >= 0.6 is 0 Å². The van der Waals surface area contributed by atoms with E-state index in [-0.39, 0.29) is 23.2 Å². The van der Waals surface area contributed by atoms with E-state index in [0.717, 1.165) is 38.2 Å². The van der Waals surface area contributed by atoms with Gasteiger partial charge in [0, 0.05) is 58.1 Å². The molecule has 2 unspecified atom stereocenters. The molecule has 11 nitrogen and oxygen atoms in total. The van der Waals surface area contributed by atoms with Crippen LogP contribution < -0.4 is 5.32 Å². The van der Waals surface area contributed by atoms with Crippen LogP contribution in [0, 0.1) is 11.3 Å². The van der Waals surface area contributed by atoms with Gasteiger partial charge in [0.15, 0.2) is 0 Å². The lowest BCUT2D eigenvalue weighted by Gasteiger charge is -2.46. The quantitative estimate of drug-likeness (QED) is 0.0283. The summed E-state index contributed by atoms with van der Waals surface area (Å²) in [5, 5.41) is 11.9. The largest absolute Gasteiger partial charge is 0.462 e. The van der Waals surface area contributed by atoms with Gasteiger partial charge in [-0.2, -0.15) is 0 Å². The van der Waals surface area contributed by atoms with E-state index in [1.165, 1.54) is 39.1 Å². The second-order valence-corrected chi connectivity index (χ2v) is 18.4. The highest BCUT2D eigenvalue weighted by molar-refractivity contribution is 5.81. The number of hydrogen-bond donors (Lipinski definition) is 2. The Labute approximate surface area is 377 Å². The lowest BCUT2D eigenvalue weighted by molar-refractivity contribution is -0.151. The Morgan fingerprint density at radius 3 is 1.56 bits per heavy atom. The summed E-state index contributed by atoms with van der Waals surface area (Å²) in [6.45, 7) is 53.6. The van der Waals surface area contributed by atoms with Crippen LogP contribution in [0.3, 0.4) is 0 Å². The first kappa shape index (κ1) is 67.8. The van der Waals surface area contributed by atoms with Gasteiger partial charge in [0.25, 0.3) is 12.9 Å². The van der Waals surface area contributed by atoms with E-state index < -0.39 is 22.8 Å². The molecule has 1 rings (SSSR count). The van der Waals surface area contributed by atoms with E-state index >= 15 is 0 Å². The number of ether oxygens (including phenoxy) is 5. The Morgan fingerprint density at radius 1 is 0.738 bits per heavy atom. The molecule has 1 heterocycles. The highest BCUT2D eigenvalue weighted by atomic mass is 16.6. The third-order valence-corrected chi connectivity index (χ3v) is 9.98. The molecule has 2 atom stereocenters. The number of aliphatic hydroxyl groups is 1. The predicted molar refractivity (Wildman–Crippen MR) is 258 cm³/mol. The standard InChI is InChI=1S/C28H54O6.C8H14O3.C7H16N2.C3H6.2C2H6/c1-12-27(11,32-17-15-25(7,8)34-22-30)20-28(13-2,18-23(3)4)19-26(9,10)31-16-14-24(5,6)33-21-29;1-4-7(10)11-8(2,3)5-6-9;1-2-5-9-6-3-8-4-7-9;1-3-2;2*1-2/h21-23H,12-20H2,1-11H3;4,9H,1,5-6H2,2-3H3;8H,2-7H2,1H3;3H,1H2,2H3;2*1-2H3. The van der Waals surface area contributed by atoms with Gasteiger partial charge in [0.05, 0.1) is 24.4 Å². The van der Waals surface area contributed by atoms with Crippen LogP contribution in [0.25, 0.3) is 0 Å². The molecule has 1 saturated heterocycles. The molecular formula is C50H102N2O9. The third-order valence-electron chi connectivity index (χ3n) is 9.98. The van der Waals surface area contributed by atoms with Crippen molar-refractivity contribution in [3.8, 4) is 0 Å². The minimum atomic E-state index is -0.597. The summed E-state index contributed by atoms with van der Waals surface area (Å²) in [5.41, 5.74) is -2.21. The summed E-state index contributed by atoms with van der Waals surface area (Å²) >= 11 is 0. The van der Waals surface area contributed by atoms with Gasteiger partial charge >= 0.3 is 5.97 Å². The van der Waals surface area contributed by atoms with E-state index in [9.17, 15) is 14.4 Å². The smallest absolute Gasteiger partial charge is 0.330 e. The van der Waals surface area contributed by atoms with Crippen LogP contribution in [0.5, 0.6) is 0 Å². The molecule has 0 aliphatic carbocycles. The van der Waals surface area contributed by atoms with Crippen LogP contribution in [0.4, 0.5) is 0 Å². The lowest BCUT2D eigenvalue weighted by atomic mass is 9.65. The minimum Gasteiger partial charge on any atom is -0.462 e. The average Bonchev–Trinajstić information content (AvgIpc) is 3.16. The highest BCUT2D eigenvalue weighted by Crippen LogP contribution is 2.47. The first-order valence-electron chi connectivity index (χ1n) is 23.3. The molecule has 1 aliphatic heterocycles. The van der Waals surface area contributed by atoms with Crippen molar-refractivity contribution >= 4 is 18.9 Å². The topological polar surface area (TPSA) is 133 Å². The van der Waals surface area contributed by atoms with Crippen molar-refractivity contribution < 1.29 is 43.2 Å². The number of carbonyl (C=O) groups is 3. The summed E-state index contributed by atoms with van der Waals surface area (Å²) in [6, 6.07) is 0. The van der Waals surface area contributed by atoms with Crippen molar-refractivity contribution in [2.45, 2.75) is 217 Å². The zero-order valence-corrected chi connectivity index (χ0v) is 43.5. The predicted octanol–water partition coefficient (Wildman–Crippen LogP) is 11.3. The molecule has 0 radical (unpaired) electrons. The summed E-state index contributed by atoms with van der Waals surface area (Å²) in [4.78, 5) is 34.7. The summed E-state index contributed by atoms with van der Waals surface area (Å²) in [6.07, 6.45) is 10.8. The molecule has 0 spiro atoms. The molecule has 0 bridgehead atoms. The number of allylic oxidation sites excluding steroid dienone is 1. The van der Waals surface area contributed by atoms with E-state index in [1.807, 2.05) is 62.3 Å². The van der Waals surface area contributed by atoms with Crippen LogP contribution in [-0.4, -0.2) is 109 Å². The average molecular weight is 875 g/mol. The Bertz CT molecular complexity index is 1070. The summed E-state index contributed by atoms with van der Waals surface area (Å²) < 4.78 is 28.1. The lowest BCUT2D eigenvalue weighted by Crippen LogP contribution is -2.43. The van der Waals surface area contributed by atoms with Crippen LogP contribution in [0.2, 0.25) is 0 Å². The van der Waals surface area contributed by atoms with Crippen molar-refractivity contribution in [2.75, 3.05) is 52.5 Å². The van der Waals surface area contributed by atoms with Crippen molar-refractivity contribution in [1.82, 2.24) is 10.2 Å². The number of nitrogens with zero attached hydrogens (tertiary/aromatic N) is 1. The van der Waals surface area contributed by atoms with Crippen LogP contribution in [0.15, 0.2) is 25.3 Å². The van der Waals surface area contributed by atoms with Crippen LogP contribution in [0.1, 0.15) is 189 Å². The fourth-order valence-corrected chi connectivity index (χ4v) is 6.87. The Hall–Kier alpha value is -2.31. The molecular weight excluding hydrogens is 773 g/mol. The molecule has 11 heteroatoms.